The van der Waals surface area contributed by atoms with E-state index in [-0.39, 0.29) is 18.2 Å². The molecule has 0 aromatic rings. The Hall–Kier alpha value is -0.650. The van der Waals surface area contributed by atoms with Crippen molar-refractivity contribution in [1.29, 1.82) is 0 Å². The van der Waals surface area contributed by atoms with Gasteiger partial charge in [0.15, 0.2) is 0 Å². The van der Waals surface area contributed by atoms with Crippen molar-refractivity contribution in [1.82, 2.24) is 10.2 Å². The van der Waals surface area contributed by atoms with Crippen LogP contribution in [0.15, 0.2) is 0 Å². The molecule has 116 valence electrons. The first kappa shape index (κ1) is 15.7. The predicted octanol–water partition coefficient (Wildman–Crippen LogP) is 1.03. The maximum Gasteiger partial charge on any atom is 0.327 e. The van der Waals surface area contributed by atoms with Crippen molar-refractivity contribution in [2.24, 2.45) is 5.92 Å². The lowest BCUT2D eigenvalue weighted by Crippen LogP contribution is -2.62. The fraction of sp³-hybridized carbons (Fsp3) is 0.933. The molecule has 0 spiro atoms. The third kappa shape index (κ3) is 3.32. The molecule has 0 aromatic carbocycles. The smallest absolute Gasteiger partial charge is 0.327 e. The van der Waals surface area contributed by atoms with Crippen LogP contribution in [0.5, 0.6) is 0 Å². The van der Waals surface area contributed by atoms with Crippen LogP contribution >= 0.6 is 0 Å². The number of hydrogen-bond acceptors (Lipinski definition) is 5. The lowest BCUT2D eigenvalue weighted by atomic mass is 9.92. The van der Waals surface area contributed by atoms with E-state index in [1.165, 1.54) is 0 Å². The maximum atomic E-state index is 12.5. The zero-order valence-corrected chi connectivity index (χ0v) is 13.1. The summed E-state index contributed by atoms with van der Waals surface area (Å²) >= 11 is 0. The highest BCUT2D eigenvalue weighted by Gasteiger charge is 2.52. The van der Waals surface area contributed by atoms with E-state index in [9.17, 15) is 4.79 Å². The second-order valence-electron chi connectivity index (χ2n) is 6.17. The normalized spacial score (nSPS) is 30.8. The van der Waals surface area contributed by atoms with Crippen LogP contribution in [0.2, 0.25) is 0 Å². The zero-order chi connectivity index (χ0) is 14.8. The first-order valence-corrected chi connectivity index (χ1v) is 7.75. The number of hydrogen-bond donors (Lipinski definition) is 1. The highest BCUT2D eigenvalue weighted by molar-refractivity contribution is 5.82. The lowest BCUT2D eigenvalue weighted by Gasteiger charge is -2.41. The monoisotopic (exact) mass is 284 g/mol. The largest absolute Gasteiger partial charge is 0.465 e. The molecule has 0 radical (unpaired) electrons. The van der Waals surface area contributed by atoms with Crippen molar-refractivity contribution >= 4 is 5.97 Å². The highest BCUT2D eigenvalue weighted by Crippen LogP contribution is 2.41. The van der Waals surface area contributed by atoms with Gasteiger partial charge in [-0.2, -0.15) is 0 Å². The molecule has 1 aliphatic carbocycles. The zero-order valence-electron chi connectivity index (χ0n) is 13.1. The number of nitrogens with zero attached hydrogens (tertiary/aromatic N) is 1. The molecular weight excluding hydrogens is 256 g/mol. The standard InChI is InChI=1S/C15H28N2O3/c1-5-19-14(18)15(16-4,13-6-7-13)10-17-8-11(2)20-12(3)9-17/h11-13,16H,5-10H2,1-4H3/t11-,12+,15?. The van der Waals surface area contributed by atoms with Crippen LogP contribution in [0.1, 0.15) is 33.6 Å². The number of ether oxygens (including phenoxy) is 2. The molecule has 0 aromatic heterocycles. The molecule has 20 heavy (non-hydrogen) atoms. The molecule has 1 unspecified atom stereocenters. The van der Waals surface area contributed by atoms with Gasteiger partial charge in [0.05, 0.1) is 18.8 Å². The van der Waals surface area contributed by atoms with E-state index in [4.69, 9.17) is 9.47 Å². The Balaban J connectivity index is 2.09. The van der Waals surface area contributed by atoms with Gasteiger partial charge in [0, 0.05) is 19.6 Å². The topological polar surface area (TPSA) is 50.8 Å². The SMILES string of the molecule is CCOC(=O)C(CN1C[C@@H](C)O[C@@H](C)C1)(NC)C1CC1. The number of rotatable bonds is 6. The second-order valence-corrected chi connectivity index (χ2v) is 6.17. The summed E-state index contributed by atoms with van der Waals surface area (Å²) < 4.78 is 11.1. The highest BCUT2D eigenvalue weighted by atomic mass is 16.5. The van der Waals surface area contributed by atoms with E-state index >= 15 is 0 Å². The third-order valence-corrected chi connectivity index (χ3v) is 4.33. The van der Waals surface area contributed by atoms with E-state index < -0.39 is 5.54 Å². The van der Waals surface area contributed by atoms with Crippen LogP contribution in [-0.4, -0.2) is 61.9 Å². The van der Waals surface area contributed by atoms with E-state index in [1.807, 2.05) is 14.0 Å². The van der Waals surface area contributed by atoms with Crippen molar-refractivity contribution in [3.63, 3.8) is 0 Å². The summed E-state index contributed by atoms with van der Waals surface area (Å²) in [5.74, 6) is 0.303. The van der Waals surface area contributed by atoms with E-state index in [1.54, 1.807) is 0 Å². The molecule has 3 atom stereocenters. The van der Waals surface area contributed by atoms with E-state index in [0.717, 1.165) is 25.9 Å². The summed E-state index contributed by atoms with van der Waals surface area (Å²) in [6.45, 7) is 8.94. The van der Waals surface area contributed by atoms with Crippen LogP contribution in [0.25, 0.3) is 0 Å². The molecule has 2 aliphatic rings. The first-order chi connectivity index (χ1) is 9.51. The van der Waals surface area contributed by atoms with Crippen molar-refractivity contribution in [3.05, 3.63) is 0 Å². The number of esters is 1. The Bertz CT molecular complexity index is 336. The average Bonchev–Trinajstić information content (AvgIpc) is 3.19. The molecule has 1 saturated carbocycles. The average molecular weight is 284 g/mol. The number of morpholine rings is 1. The minimum atomic E-state index is -0.549. The molecule has 2 fully saturated rings. The Kier molecular flexibility index (Phi) is 5.04. The van der Waals surface area contributed by atoms with Crippen LogP contribution in [0, 0.1) is 5.92 Å². The molecule has 1 heterocycles. The van der Waals surface area contributed by atoms with Gasteiger partial charge in [-0.1, -0.05) is 0 Å². The molecule has 0 bridgehead atoms. The molecule has 0 amide bonds. The second kappa shape index (κ2) is 6.41. The van der Waals surface area contributed by atoms with Gasteiger partial charge in [0.1, 0.15) is 5.54 Å². The Morgan fingerprint density at radius 1 is 1.35 bits per heavy atom. The number of carbonyl (C=O) groups is 1. The Morgan fingerprint density at radius 2 is 1.95 bits per heavy atom. The quantitative estimate of drug-likeness (QED) is 0.738. The van der Waals surface area contributed by atoms with Crippen molar-refractivity contribution in [2.45, 2.75) is 51.4 Å². The van der Waals surface area contributed by atoms with Gasteiger partial charge in [0.25, 0.3) is 0 Å². The fourth-order valence-electron chi connectivity index (χ4n) is 3.35. The van der Waals surface area contributed by atoms with Crippen molar-refractivity contribution in [3.8, 4) is 0 Å². The fourth-order valence-corrected chi connectivity index (χ4v) is 3.35. The third-order valence-electron chi connectivity index (χ3n) is 4.33. The van der Waals surface area contributed by atoms with Gasteiger partial charge >= 0.3 is 5.97 Å². The molecule has 2 rings (SSSR count). The van der Waals surface area contributed by atoms with Gasteiger partial charge in [-0.15, -0.1) is 0 Å². The summed E-state index contributed by atoms with van der Waals surface area (Å²) in [5, 5.41) is 3.28. The van der Waals surface area contributed by atoms with Crippen molar-refractivity contribution < 1.29 is 14.3 Å². The summed E-state index contributed by atoms with van der Waals surface area (Å²) in [6, 6.07) is 0. The summed E-state index contributed by atoms with van der Waals surface area (Å²) in [6.07, 6.45) is 2.65. The number of likely N-dealkylation sites (N-methyl/N-ethyl adjacent to an activating group) is 1. The van der Waals surface area contributed by atoms with Crippen LogP contribution < -0.4 is 5.32 Å². The molecule has 5 heteroatoms. The Labute approximate surface area is 122 Å². The van der Waals surface area contributed by atoms with Gasteiger partial charge in [-0.25, -0.2) is 4.79 Å². The molecule has 1 aliphatic heterocycles. The molecular formula is C15H28N2O3. The minimum absolute atomic E-state index is 0.100. The van der Waals surface area contributed by atoms with Gasteiger partial charge in [-0.3, -0.25) is 4.90 Å². The Morgan fingerprint density at radius 3 is 2.40 bits per heavy atom. The van der Waals surface area contributed by atoms with Gasteiger partial charge in [0.2, 0.25) is 0 Å². The van der Waals surface area contributed by atoms with Crippen LogP contribution in [0.3, 0.4) is 0 Å². The predicted molar refractivity (Wildman–Crippen MR) is 77.6 cm³/mol. The minimum Gasteiger partial charge on any atom is -0.465 e. The van der Waals surface area contributed by atoms with Gasteiger partial charge in [-0.05, 0) is 46.6 Å². The summed E-state index contributed by atoms with van der Waals surface area (Å²) in [7, 11) is 1.88. The molecule has 1 N–H and O–H groups in total. The van der Waals surface area contributed by atoms with Gasteiger partial charge < -0.3 is 14.8 Å². The summed E-state index contributed by atoms with van der Waals surface area (Å²) in [5.41, 5.74) is -0.549. The van der Waals surface area contributed by atoms with Crippen molar-refractivity contribution in [2.75, 3.05) is 33.3 Å². The summed E-state index contributed by atoms with van der Waals surface area (Å²) in [4.78, 5) is 14.8. The number of nitrogens with one attached hydrogen (secondary N) is 1. The van der Waals surface area contributed by atoms with Crippen LogP contribution in [0.4, 0.5) is 0 Å². The lowest BCUT2D eigenvalue weighted by molar-refractivity contribution is -0.155. The first-order valence-electron chi connectivity index (χ1n) is 7.75. The maximum absolute atomic E-state index is 12.5. The molecule has 5 nitrogen and oxygen atoms in total. The number of carbonyl (C=O) groups excluding carboxylic acids is 1. The van der Waals surface area contributed by atoms with E-state index in [2.05, 4.69) is 24.1 Å². The molecule has 1 saturated heterocycles. The van der Waals surface area contributed by atoms with Crippen LogP contribution in [-0.2, 0) is 14.3 Å². The van der Waals surface area contributed by atoms with E-state index in [0.29, 0.717) is 19.1 Å².